The van der Waals surface area contributed by atoms with Gasteiger partial charge in [0, 0.05) is 0 Å². The lowest BCUT2D eigenvalue weighted by Gasteiger charge is -2.39. The minimum Gasteiger partial charge on any atom is -0.131 e. The molecule has 0 rings (SSSR count). The third-order valence-electron chi connectivity index (χ3n) is 8.37. The molecule has 2 unspecified atom stereocenters. The molecule has 0 saturated heterocycles. The van der Waals surface area contributed by atoms with Crippen LogP contribution in [-0.2, 0) is 0 Å². The first kappa shape index (κ1) is 34.4. The Balaban J connectivity index is 4.19. The van der Waals surface area contributed by atoms with E-state index in [4.69, 9.17) is 0 Å². The van der Waals surface area contributed by atoms with Gasteiger partial charge in [-0.05, 0) is 36.8 Å². The predicted octanol–water partition coefficient (Wildman–Crippen LogP) is 12.8. The summed E-state index contributed by atoms with van der Waals surface area (Å²) in [6, 6.07) is 0. The molecule has 0 bridgehead atoms. The summed E-state index contributed by atoms with van der Waals surface area (Å²) >= 11 is 0. The Morgan fingerprint density at radius 2 is 0.647 bits per heavy atom. The highest BCUT2D eigenvalue weighted by Gasteiger charge is 2.32. The van der Waals surface area contributed by atoms with Crippen LogP contribution in [0.5, 0.6) is 0 Å². The summed E-state index contributed by atoms with van der Waals surface area (Å²) in [5.74, 6) is 0.940. The minimum atomic E-state index is 0.522. The average Bonchev–Trinajstić information content (AvgIpc) is 2.83. The molecule has 0 aliphatic rings. The van der Waals surface area contributed by atoms with Crippen LogP contribution in [0.3, 0.4) is 0 Å². The van der Waals surface area contributed by atoms with Crippen LogP contribution in [0, 0.1) is 5.92 Å². The summed E-state index contributed by atoms with van der Waals surface area (Å²) in [5.41, 5.74) is 0. The molecule has 0 N–H and O–H groups in total. The minimum absolute atomic E-state index is 0.522. The van der Waals surface area contributed by atoms with Crippen molar-refractivity contribution < 1.29 is 0 Å². The molecule has 0 amide bonds. The second-order valence-corrected chi connectivity index (χ2v) is 12.9. The number of hydrogen-bond donors (Lipinski definition) is 0. The van der Waals surface area contributed by atoms with E-state index in [9.17, 15) is 0 Å². The van der Waals surface area contributed by atoms with Crippen LogP contribution in [0.25, 0.3) is 0 Å². The first-order chi connectivity index (χ1) is 16.6. The average molecular weight is 497 g/mol. The van der Waals surface area contributed by atoms with E-state index >= 15 is 0 Å². The van der Waals surface area contributed by atoms with Crippen LogP contribution in [0.2, 0.25) is 0 Å². The summed E-state index contributed by atoms with van der Waals surface area (Å²) in [7, 11) is 3.45. The zero-order valence-corrected chi connectivity index (χ0v) is 25.9. The highest BCUT2D eigenvalue weighted by atomic mass is 31.0. The molecule has 0 radical (unpaired) electrons. The van der Waals surface area contributed by atoms with Crippen molar-refractivity contribution in [3.05, 3.63) is 0 Å². The first-order valence-corrected chi connectivity index (χ1v) is 17.0. The second kappa shape index (κ2) is 26.5. The molecule has 0 saturated carbocycles. The van der Waals surface area contributed by atoms with E-state index in [2.05, 4.69) is 36.9 Å². The van der Waals surface area contributed by atoms with Crippen molar-refractivity contribution in [3.8, 4) is 0 Å². The Bertz CT molecular complexity index is 367. The van der Waals surface area contributed by atoms with Crippen molar-refractivity contribution in [3.63, 3.8) is 0 Å². The third-order valence-corrected chi connectivity index (χ3v) is 9.42. The van der Waals surface area contributed by atoms with Crippen molar-refractivity contribution in [1.29, 1.82) is 0 Å². The van der Waals surface area contributed by atoms with Crippen LogP contribution in [0.1, 0.15) is 201 Å². The topological polar surface area (TPSA) is 0 Å². The maximum Gasteiger partial charge on any atom is -0.0122 e. The quantitative estimate of drug-likeness (QED) is 0.0746. The van der Waals surface area contributed by atoms with Crippen molar-refractivity contribution in [2.75, 3.05) is 0 Å². The van der Waals surface area contributed by atoms with Crippen LogP contribution in [-0.4, -0.2) is 5.16 Å². The Morgan fingerprint density at radius 3 is 1.03 bits per heavy atom. The van der Waals surface area contributed by atoms with Gasteiger partial charge in [0.1, 0.15) is 0 Å². The molecule has 0 aromatic rings. The molecule has 0 nitrogen and oxygen atoms in total. The Hall–Kier alpha value is 0.430. The Morgan fingerprint density at radius 1 is 0.382 bits per heavy atom. The molecule has 0 aromatic heterocycles. The lowest BCUT2D eigenvalue weighted by atomic mass is 9.77. The lowest BCUT2D eigenvalue weighted by Crippen LogP contribution is -2.32. The molecule has 1 heteroatoms. The fourth-order valence-electron chi connectivity index (χ4n) is 5.89. The van der Waals surface area contributed by atoms with Gasteiger partial charge >= 0.3 is 0 Å². The molecule has 34 heavy (non-hydrogen) atoms. The van der Waals surface area contributed by atoms with Crippen molar-refractivity contribution >= 4 is 9.24 Å². The van der Waals surface area contributed by atoms with Gasteiger partial charge in [0.25, 0.3) is 0 Å². The van der Waals surface area contributed by atoms with Gasteiger partial charge in [0.15, 0.2) is 0 Å². The van der Waals surface area contributed by atoms with Crippen LogP contribution >= 0.6 is 9.24 Å². The molecule has 2 atom stereocenters. The van der Waals surface area contributed by atoms with Gasteiger partial charge in [-0.2, -0.15) is 0 Å². The SMILES string of the molecule is CCCCCCCCCCCCCCCCC(CCCCC)C(P)(CCCCC)CCCCC. The second-order valence-electron chi connectivity index (χ2n) is 11.7. The standard InChI is InChI=1S/C33H69P/c1-5-9-13-14-15-16-17-18-19-20-21-22-23-25-29-32(28-24-10-6-2)33(34,30-26-11-7-3)31-27-12-8-4/h32H,5-31,34H2,1-4H3. The highest BCUT2D eigenvalue weighted by Crippen LogP contribution is 2.43. The number of unbranched alkanes of at least 4 members (excludes halogenated alkanes) is 19. The third kappa shape index (κ3) is 20.6. The van der Waals surface area contributed by atoms with E-state index in [1.807, 2.05) is 0 Å². The molecule has 0 aliphatic heterocycles. The van der Waals surface area contributed by atoms with Crippen LogP contribution in [0.15, 0.2) is 0 Å². The summed E-state index contributed by atoms with van der Waals surface area (Å²) < 4.78 is 0. The van der Waals surface area contributed by atoms with Gasteiger partial charge in [-0.3, -0.25) is 0 Å². The number of rotatable bonds is 28. The van der Waals surface area contributed by atoms with Crippen molar-refractivity contribution in [2.24, 2.45) is 5.92 Å². The summed E-state index contributed by atoms with van der Waals surface area (Å²) in [6.07, 6.45) is 39.1. The summed E-state index contributed by atoms with van der Waals surface area (Å²) in [5, 5.41) is 0.522. The molecule has 0 spiro atoms. The Kier molecular flexibility index (Phi) is 26.8. The van der Waals surface area contributed by atoms with Crippen molar-refractivity contribution in [2.45, 2.75) is 206 Å². The van der Waals surface area contributed by atoms with Gasteiger partial charge in [-0.1, -0.05) is 175 Å². The van der Waals surface area contributed by atoms with Gasteiger partial charge in [-0.25, -0.2) is 0 Å². The van der Waals surface area contributed by atoms with Gasteiger partial charge in [-0.15, -0.1) is 9.24 Å². The zero-order chi connectivity index (χ0) is 25.2. The molecular weight excluding hydrogens is 427 g/mol. The largest absolute Gasteiger partial charge is 0.131 e. The molecule has 206 valence electrons. The highest BCUT2D eigenvalue weighted by molar-refractivity contribution is 7.19. The van der Waals surface area contributed by atoms with E-state index < -0.39 is 0 Å². The normalized spacial score (nSPS) is 13.0. The fourth-order valence-corrected chi connectivity index (χ4v) is 6.63. The zero-order valence-electron chi connectivity index (χ0n) is 24.7. The van der Waals surface area contributed by atoms with E-state index in [0.717, 1.165) is 5.92 Å². The van der Waals surface area contributed by atoms with E-state index in [1.165, 1.54) is 173 Å². The summed E-state index contributed by atoms with van der Waals surface area (Å²) in [4.78, 5) is 0. The molecule has 0 fully saturated rings. The van der Waals surface area contributed by atoms with Crippen molar-refractivity contribution in [1.82, 2.24) is 0 Å². The Labute approximate surface area is 221 Å². The molecule has 0 heterocycles. The molecule has 0 aliphatic carbocycles. The molecule has 0 aromatic carbocycles. The maximum atomic E-state index is 3.45. The van der Waals surface area contributed by atoms with E-state index in [-0.39, 0.29) is 0 Å². The van der Waals surface area contributed by atoms with Gasteiger partial charge in [0.05, 0.1) is 0 Å². The van der Waals surface area contributed by atoms with E-state index in [0.29, 0.717) is 5.16 Å². The maximum absolute atomic E-state index is 3.45. The van der Waals surface area contributed by atoms with Crippen LogP contribution < -0.4 is 0 Å². The summed E-state index contributed by atoms with van der Waals surface area (Å²) in [6.45, 7) is 9.38. The monoisotopic (exact) mass is 497 g/mol. The van der Waals surface area contributed by atoms with Crippen LogP contribution in [0.4, 0.5) is 0 Å². The lowest BCUT2D eigenvalue weighted by molar-refractivity contribution is 0.271. The number of hydrogen-bond acceptors (Lipinski definition) is 0. The first-order valence-electron chi connectivity index (χ1n) is 16.4. The van der Waals surface area contributed by atoms with Gasteiger partial charge < -0.3 is 0 Å². The van der Waals surface area contributed by atoms with E-state index in [1.54, 1.807) is 0 Å². The predicted molar refractivity (Wildman–Crippen MR) is 163 cm³/mol. The molecular formula is C33H69P. The van der Waals surface area contributed by atoms with Gasteiger partial charge in [0.2, 0.25) is 0 Å². The smallest absolute Gasteiger partial charge is 0.0122 e. The fraction of sp³-hybridized carbons (Fsp3) is 1.00.